The fourth-order valence-electron chi connectivity index (χ4n) is 2.67. The van der Waals surface area contributed by atoms with Gasteiger partial charge in [0.15, 0.2) is 5.41 Å². The fraction of sp³-hybridized carbons (Fsp3) is 0.867. The van der Waals surface area contributed by atoms with Crippen LogP contribution >= 0.6 is 0 Å². The number of esters is 1. The summed E-state index contributed by atoms with van der Waals surface area (Å²) in [7, 11) is 0. The van der Waals surface area contributed by atoms with Crippen molar-refractivity contribution in [1.82, 2.24) is 0 Å². The predicted octanol–water partition coefficient (Wildman–Crippen LogP) is 3.49. The summed E-state index contributed by atoms with van der Waals surface area (Å²) in [6.07, 6.45) is 2.59. The molecule has 0 bridgehead atoms. The summed E-state index contributed by atoms with van der Waals surface area (Å²) in [5, 5.41) is 9.59. The highest BCUT2D eigenvalue weighted by molar-refractivity contribution is 5.99. The number of carbonyl (C=O) groups excluding carboxylic acids is 1. The Hall–Kier alpha value is -1.06. The molecule has 0 rings (SSSR count). The molecular weight excluding hydrogens is 244 g/mol. The molecule has 2 atom stereocenters. The summed E-state index contributed by atoms with van der Waals surface area (Å²) in [6.45, 7) is 9.85. The highest BCUT2D eigenvalue weighted by Crippen LogP contribution is 2.37. The van der Waals surface area contributed by atoms with Crippen LogP contribution < -0.4 is 0 Å². The normalized spacial score (nSPS) is 15.9. The van der Waals surface area contributed by atoms with Crippen LogP contribution in [0.2, 0.25) is 0 Å². The van der Waals surface area contributed by atoms with E-state index in [-0.39, 0.29) is 18.4 Å². The maximum Gasteiger partial charge on any atom is 0.323 e. The van der Waals surface area contributed by atoms with Crippen LogP contribution in [0.25, 0.3) is 0 Å². The van der Waals surface area contributed by atoms with Crippen molar-refractivity contribution in [2.45, 2.75) is 60.3 Å². The Morgan fingerprint density at radius 2 is 1.74 bits per heavy atom. The fourth-order valence-corrected chi connectivity index (χ4v) is 2.67. The second-order valence-electron chi connectivity index (χ2n) is 5.80. The average molecular weight is 272 g/mol. The highest BCUT2D eigenvalue weighted by atomic mass is 16.5. The molecule has 0 aliphatic rings. The number of hydrogen-bond donors (Lipinski definition) is 1. The quantitative estimate of drug-likeness (QED) is 0.515. The molecule has 0 radical (unpaired) electrons. The van der Waals surface area contributed by atoms with Gasteiger partial charge in [-0.1, -0.05) is 40.5 Å². The van der Waals surface area contributed by atoms with E-state index in [1.165, 1.54) is 0 Å². The monoisotopic (exact) mass is 272 g/mol. The molecule has 0 saturated heterocycles. The molecule has 0 aromatic carbocycles. The highest BCUT2D eigenvalue weighted by Gasteiger charge is 2.48. The molecule has 4 nitrogen and oxygen atoms in total. The number of carboxylic acids is 1. The second-order valence-corrected chi connectivity index (χ2v) is 5.80. The molecule has 0 aromatic heterocycles. The summed E-state index contributed by atoms with van der Waals surface area (Å²) in [5.74, 6) is -1.31. The summed E-state index contributed by atoms with van der Waals surface area (Å²) in [5.41, 5.74) is -1.39. The van der Waals surface area contributed by atoms with Gasteiger partial charge in [-0.15, -0.1) is 0 Å². The zero-order chi connectivity index (χ0) is 15.1. The average Bonchev–Trinajstić information content (AvgIpc) is 2.27. The lowest BCUT2D eigenvalue weighted by Gasteiger charge is -2.31. The van der Waals surface area contributed by atoms with Crippen molar-refractivity contribution < 1.29 is 19.4 Å². The molecule has 2 unspecified atom stereocenters. The lowest BCUT2D eigenvalue weighted by molar-refractivity contribution is -0.171. The maximum absolute atomic E-state index is 12.2. The van der Waals surface area contributed by atoms with Gasteiger partial charge in [0.25, 0.3) is 0 Å². The smallest absolute Gasteiger partial charge is 0.323 e. The zero-order valence-electron chi connectivity index (χ0n) is 12.9. The zero-order valence-corrected chi connectivity index (χ0v) is 12.9. The van der Waals surface area contributed by atoms with E-state index in [1.54, 1.807) is 6.92 Å². The molecule has 0 amide bonds. The van der Waals surface area contributed by atoms with E-state index in [0.717, 1.165) is 12.8 Å². The van der Waals surface area contributed by atoms with Crippen LogP contribution in [0.5, 0.6) is 0 Å². The molecule has 112 valence electrons. The van der Waals surface area contributed by atoms with Gasteiger partial charge in [-0.25, -0.2) is 0 Å². The first-order valence-corrected chi connectivity index (χ1v) is 7.20. The van der Waals surface area contributed by atoms with Crippen LogP contribution in [-0.4, -0.2) is 23.7 Å². The number of carboxylic acid groups (broad SMARTS) is 1. The van der Waals surface area contributed by atoms with Crippen LogP contribution in [0, 0.1) is 17.3 Å². The third kappa shape index (κ3) is 5.21. The Morgan fingerprint density at radius 3 is 2.11 bits per heavy atom. The van der Waals surface area contributed by atoms with Gasteiger partial charge in [-0.3, -0.25) is 9.59 Å². The van der Waals surface area contributed by atoms with E-state index in [1.807, 2.05) is 20.8 Å². The van der Waals surface area contributed by atoms with Gasteiger partial charge in [0.1, 0.15) is 0 Å². The van der Waals surface area contributed by atoms with Crippen molar-refractivity contribution in [3.05, 3.63) is 0 Å². The first-order valence-electron chi connectivity index (χ1n) is 7.20. The molecule has 0 fully saturated rings. The third-order valence-corrected chi connectivity index (χ3v) is 3.31. The van der Waals surface area contributed by atoms with E-state index in [2.05, 4.69) is 6.92 Å². The van der Waals surface area contributed by atoms with Gasteiger partial charge in [-0.05, 0) is 31.6 Å². The minimum absolute atomic E-state index is 0.134. The SMILES string of the molecule is CCCC(C)CC(CC(C)C)(C(=O)O)C(=O)OCC. The van der Waals surface area contributed by atoms with E-state index >= 15 is 0 Å². The number of ether oxygens (including phenoxy) is 1. The van der Waals surface area contributed by atoms with Crippen molar-refractivity contribution in [2.24, 2.45) is 17.3 Å². The largest absolute Gasteiger partial charge is 0.480 e. The van der Waals surface area contributed by atoms with Gasteiger partial charge in [0.05, 0.1) is 6.61 Å². The van der Waals surface area contributed by atoms with Crippen LogP contribution in [0.15, 0.2) is 0 Å². The molecule has 19 heavy (non-hydrogen) atoms. The lowest BCUT2D eigenvalue weighted by Crippen LogP contribution is -2.43. The second kappa shape index (κ2) is 8.18. The molecule has 1 N–H and O–H groups in total. The molecule has 0 heterocycles. The molecule has 0 spiro atoms. The summed E-state index contributed by atoms with van der Waals surface area (Å²) < 4.78 is 5.03. The van der Waals surface area contributed by atoms with Gasteiger partial charge >= 0.3 is 11.9 Å². The minimum atomic E-state index is -1.39. The molecule has 0 aliphatic carbocycles. The number of carbonyl (C=O) groups is 2. The summed E-state index contributed by atoms with van der Waals surface area (Å²) in [6, 6.07) is 0. The summed E-state index contributed by atoms with van der Waals surface area (Å²) >= 11 is 0. The Morgan fingerprint density at radius 1 is 1.16 bits per heavy atom. The Kier molecular flexibility index (Phi) is 7.72. The minimum Gasteiger partial charge on any atom is -0.480 e. The molecule has 0 aliphatic heterocycles. The van der Waals surface area contributed by atoms with Gasteiger partial charge in [0.2, 0.25) is 0 Å². The van der Waals surface area contributed by atoms with Gasteiger partial charge in [0, 0.05) is 0 Å². The standard InChI is InChI=1S/C15H28O4/c1-6-8-12(5)10-15(13(16)17,9-11(3)4)14(18)19-7-2/h11-12H,6-10H2,1-5H3,(H,16,17). The van der Waals surface area contributed by atoms with Crippen LogP contribution in [0.3, 0.4) is 0 Å². The van der Waals surface area contributed by atoms with E-state index in [9.17, 15) is 14.7 Å². The molecular formula is C15H28O4. The van der Waals surface area contributed by atoms with Gasteiger partial charge in [-0.2, -0.15) is 0 Å². The van der Waals surface area contributed by atoms with Crippen LogP contribution in [0.4, 0.5) is 0 Å². The van der Waals surface area contributed by atoms with Crippen molar-refractivity contribution in [3.8, 4) is 0 Å². The first kappa shape index (κ1) is 17.9. The van der Waals surface area contributed by atoms with E-state index < -0.39 is 17.4 Å². The topological polar surface area (TPSA) is 63.6 Å². The van der Waals surface area contributed by atoms with Crippen molar-refractivity contribution in [3.63, 3.8) is 0 Å². The predicted molar refractivity (Wildman–Crippen MR) is 74.8 cm³/mol. The number of hydrogen-bond acceptors (Lipinski definition) is 3. The van der Waals surface area contributed by atoms with Gasteiger partial charge < -0.3 is 9.84 Å². The Bertz CT molecular complexity index is 299. The number of rotatable bonds is 9. The maximum atomic E-state index is 12.2. The van der Waals surface area contributed by atoms with E-state index in [0.29, 0.717) is 12.8 Å². The lowest BCUT2D eigenvalue weighted by atomic mass is 9.73. The Labute approximate surface area is 116 Å². The van der Waals surface area contributed by atoms with Crippen molar-refractivity contribution in [1.29, 1.82) is 0 Å². The molecule has 0 aromatic rings. The third-order valence-electron chi connectivity index (χ3n) is 3.31. The first-order chi connectivity index (χ1) is 8.80. The summed E-state index contributed by atoms with van der Waals surface area (Å²) in [4.78, 5) is 23.9. The van der Waals surface area contributed by atoms with Crippen LogP contribution in [-0.2, 0) is 14.3 Å². The van der Waals surface area contributed by atoms with Crippen molar-refractivity contribution >= 4 is 11.9 Å². The molecule has 0 saturated carbocycles. The molecule has 4 heteroatoms. The Balaban J connectivity index is 5.25. The van der Waals surface area contributed by atoms with Crippen LogP contribution in [0.1, 0.15) is 60.3 Å². The number of aliphatic carboxylic acids is 1. The van der Waals surface area contributed by atoms with Crippen molar-refractivity contribution in [2.75, 3.05) is 6.61 Å². The van der Waals surface area contributed by atoms with E-state index in [4.69, 9.17) is 4.74 Å².